The number of rotatable bonds is 5. The van der Waals surface area contributed by atoms with Crippen LogP contribution in [0.5, 0.6) is 0 Å². The molecule has 0 saturated carbocycles. The van der Waals surface area contributed by atoms with Gasteiger partial charge in [-0.25, -0.2) is 4.79 Å². The zero-order valence-corrected chi connectivity index (χ0v) is 8.44. The molecule has 4 N–H and O–H groups in total. The van der Waals surface area contributed by atoms with Crippen LogP contribution in [0.15, 0.2) is 0 Å². The zero-order chi connectivity index (χ0) is 11.3. The Balaban J connectivity index is 2.19. The van der Waals surface area contributed by atoms with Crippen LogP contribution in [0.25, 0.3) is 0 Å². The van der Waals surface area contributed by atoms with Crippen molar-refractivity contribution >= 4 is 11.9 Å². The minimum atomic E-state index is -0.939. The molecule has 1 aliphatic rings. The molecule has 0 radical (unpaired) electrons. The zero-order valence-electron chi connectivity index (χ0n) is 8.44. The Morgan fingerprint density at radius 1 is 1.47 bits per heavy atom. The lowest BCUT2D eigenvalue weighted by Crippen LogP contribution is -2.33. The van der Waals surface area contributed by atoms with E-state index in [0.717, 1.165) is 0 Å². The highest BCUT2D eigenvalue weighted by Crippen LogP contribution is 2.19. The van der Waals surface area contributed by atoms with E-state index in [1.54, 1.807) is 0 Å². The highest BCUT2D eigenvalue weighted by atomic mass is 16.5. The molecule has 0 aromatic rings. The fourth-order valence-electron chi connectivity index (χ4n) is 1.48. The molecule has 1 aliphatic heterocycles. The number of ether oxygens (including phenoxy) is 1. The summed E-state index contributed by atoms with van der Waals surface area (Å²) >= 11 is 0. The Morgan fingerprint density at radius 2 is 2.20 bits per heavy atom. The van der Waals surface area contributed by atoms with Gasteiger partial charge in [0.15, 0.2) is 6.10 Å². The van der Waals surface area contributed by atoms with Gasteiger partial charge in [-0.1, -0.05) is 0 Å². The smallest absolute Gasteiger partial charge is 0.332 e. The fourth-order valence-corrected chi connectivity index (χ4v) is 1.48. The van der Waals surface area contributed by atoms with Crippen LogP contribution < -0.4 is 11.1 Å². The van der Waals surface area contributed by atoms with Crippen LogP contribution >= 0.6 is 0 Å². The Kier molecular flexibility index (Phi) is 4.51. The van der Waals surface area contributed by atoms with Crippen molar-refractivity contribution in [3.05, 3.63) is 0 Å². The van der Waals surface area contributed by atoms with E-state index in [9.17, 15) is 9.59 Å². The van der Waals surface area contributed by atoms with Gasteiger partial charge in [0.25, 0.3) is 0 Å². The molecular formula is C9H16N2O4. The molecule has 0 aliphatic carbocycles. The van der Waals surface area contributed by atoms with Crippen molar-refractivity contribution in [2.45, 2.75) is 31.5 Å². The van der Waals surface area contributed by atoms with E-state index in [4.69, 9.17) is 15.6 Å². The number of nitrogens with two attached hydrogens (primary N) is 1. The second-order valence-corrected chi connectivity index (χ2v) is 3.51. The van der Waals surface area contributed by atoms with Gasteiger partial charge >= 0.3 is 5.97 Å². The van der Waals surface area contributed by atoms with Crippen LogP contribution in [0.4, 0.5) is 0 Å². The summed E-state index contributed by atoms with van der Waals surface area (Å²) in [4.78, 5) is 21.6. The maximum atomic E-state index is 11.1. The van der Waals surface area contributed by atoms with Crippen molar-refractivity contribution in [3.8, 4) is 0 Å². The number of carbonyl (C=O) groups is 2. The van der Waals surface area contributed by atoms with Crippen molar-refractivity contribution in [1.82, 2.24) is 5.32 Å². The number of amides is 1. The molecule has 0 spiro atoms. The van der Waals surface area contributed by atoms with Gasteiger partial charge in [0.2, 0.25) is 5.91 Å². The predicted molar refractivity (Wildman–Crippen MR) is 52.2 cm³/mol. The third kappa shape index (κ3) is 3.85. The third-order valence-electron chi connectivity index (χ3n) is 2.28. The molecule has 6 heteroatoms. The molecule has 1 rings (SSSR count). The maximum absolute atomic E-state index is 11.1. The van der Waals surface area contributed by atoms with Crippen LogP contribution in [0.3, 0.4) is 0 Å². The van der Waals surface area contributed by atoms with Gasteiger partial charge in [0.05, 0.1) is 6.10 Å². The minimum absolute atomic E-state index is 0.125. The Labute approximate surface area is 87.8 Å². The average molecular weight is 216 g/mol. The minimum Gasteiger partial charge on any atom is -0.479 e. The lowest BCUT2D eigenvalue weighted by atomic mass is 10.2. The first-order valence-corrected chi connectivity index (χ1v) is 4.98. The SMILES string of the molecule is NCCC(=O)NCC1CCC(C(=O)O)O1. The van der Waals surface area contributed by atoms with Gasteiger partial charge in [-0.05, 0) is 12.8 Å². The molecule has 1 heterocycles. The molecule has 0 aromatic heterocycles. The molecule has 2 unspecified atom stereocenters. The molecule has 0 bridgehead atoms. The summed E-state index contributed by atoms with van der Waals surface area (Å²) in [6.45, 7) is 0.678. The number of hydrogen-bond donors (Lipinski definition) is 3. The van der Waals surface area contributed by atoms with Crippen molar-refractivity contribution < 1.29 is 19.4 Å². The quantitative estimate of drug-likeness (QED) is 0.552. The molecule has 2 atom stereocenters. The first-order valence-electron chi connectivity index (χ1n) is 4.98. The van der Waals surface area contributed by atoms with Crippen LogP contribution in [-0.2, 0) is 14.3 Å². The van der Waals surface area contributed by atoms with E-state index >= 15 is 0 Å². The summed E-state index contributed by atoms with van der Waals surface area (Å²) < 4.78 is 5.21. The number of carboxylic acid groups (broad SMARTS) is 1. The molecule has 1 saturated heterocycles. The number of carbonyl (C=O) groups excluding carboxylic acids is 1. The maximum Gasteiger partial charge on any atom is 0.332 e. The summed E-state index contributed by atoms with van der Waals surface area (Å²) in [7, 11) is 0. The van der Waals surface area contributed by atoms with Crippen LogP contribution in [0, 0.1) is 0 Å². The summed E-state index contributed by atoms with van der Waals surface area (Å²) in [5.74, 6) is -1.06. The highest BCUT2D eigenvalue weighted by Gasteiger charge is 2.30. The molecule has 86 valence electrons. The van der Waals surface area contributed by atoms with Gasteiger partial charge in [-0.3, -0.25) is 4.79 Å². The number of carboxylic acids is 1. The van der Waals surface area contributed by atoms with Crippen molar-refractivity contribution in [2.75, 3.05) is 13.1 Å². The van der Waals surface area contributed by atoms with E-state index in [-0.39, 0.29) is 18.4 Å². The van der Waals surface area contributed by atoms with Gasteiger partial charge in [-0.15, -0.1) is 0 Å². The lowest BCUT2D eigenvalue weighted by Gasteiger charge is -2.11. The van der Waals surface area contributed by atoms with Gasteiger partial charge < -0.3 is 20.9 Å². The van der Waals surface area contributed by atoms with Crippen molar-refractivity contribution in [2.24, 2.45) is 5.73 Å². The summed E-state index contributed by atoms with van der Waals surface area (Å²) in [6, 6.07) is 0. The fraction of sp³-hybridized carbons (Fsp3) is 0.778. The second-order valence-electron chi connectivity index (χ2n) is 3.51. The number of aliphatic carboxylic acids is 1. The number of hydrogen-bond acceptors (Lipinski definition) is 4. The van der Waals surface area contributed by atoms with Gasteiger partial charge in [0, 0.05) is 19.5 Å². The van der Waals surface area contributed by atoms with E-state index in [1.165, 1.54) is 0 Å². The Hall–Kier alpha value is -1.14. The van der Waals surface area contributed by atoms with Crippen LogP contribution in [0.1, 0.15) is 19.3 Å². The predicted octanol–water partition coefficient (Wildman–Crippen LogP) is -0.916. The summed E-state index contributed by atoms with van der Waals surface area (Å²) in [5, 5.41) is 11.3. The largest absolute Gasteiger partial charge is 0.479 e. The molecule has 0 aromatic carbocycles. The second kappa shape index (κ2) is 5.67. The Bertz CT molecular complexity index is 244. The summed E-state index contributed by atoms with van der Waals surface area (Å²) in [6.07, 6.45) is 0.552. The lowest BCUT2D eigenvalue weighted by molar-refractivity contribution is -0.149. The van der Waals surface area contributed by atoms with Crippen molar-refractivity contribution in [3.63, 3.8) is 0 Å². The average Bonchev–Trinajstić information content (AvgIpc) is 2.63. The first kappa shape index (κ1) is 11.9. The van der Waals surface area contributed by atoms with E-state index < -0.39 is 12.1 Å². The molecule has 6 nitrogen and oxygen atoms in total. The van der Waals surface area contributed by atoms with Crippen LogP contribution in [0.2, 0.25) is 0 Å². The standard InChI is InChI=1S/C9H16N2O4/c10-4-3-8(12)11-5-6-1-2-7(15-6)9(13)14/h6-7H,1-5,10H2,(H,11,12)(H,13,14). The van der Waals surface area contributed by atoms with Crippen LogP contribution in [-0.4, -0.2) is 42.3 Å². The molecule has 1 fully saturated rings. The summed E-state index contributed by atoms with van der Waals surface area (Å²) in [5.41, 5.74) is 5.21. The monoisotopic (exact) mass is 216 g/mol. The molecule has 15 heavy (non-hydrogen) atoms. The topological polar surface area (TPSA) is 102 Å². The molecule has 1 amide bonds. The van der Waals surface area contributed by atoms with Crippen molar-refractivity contribution in [1.29, 1.82) is 0 Å². The third-order valence-corrected chi connectivity index (χ3v) is 2.28. The van der Waals surface area contributed by atoms with Gasteiger partial charge in [0.1, 0.15) is 0 Å². The van der Waals surface area contributed by atoms with Gasteiger partial charge in [-0.2, -0.15) is 0 Å². The highest BCUT2D eigenvalue weighted by molar-refractivity contribution is 5.76. The van der Waals surface area contributed by atoms with E-state index in [0.29, 0.717) is 25.9 Å². The number of nitrogens with one attached hydrogen (secondary N) is 1. The molecular weight excluding hydrogens is 200 g/mol. The first-order chi connectivity index (χ1) is 7.13. The van der Waals surface area contributed by atoms with E-state index in [1.807, 2.05) is 0 Å². The Morgan fingerprint density at radius 3 is 2.73 bits per heavy atom. The normalized spacial score (nSPS) is 25.1. The van der Waals surface area contributed by atoms with E-state index in [2.05, 4.69) is 5.32 Å².